The molecular formula is C32H25ClFN3O5. The Morgan fingerprint density at radius 2 is 1.60 bits per heavy atom. The molecule has 0 aliphatic carbocycles. The number of hydrogen-bond donors (Lipinski definition) is 1. The second kappa shape index (κ2) is 12.2. The van der Waals surface area contributed by atoms with E-state index < -0.39 is 41.9 Å². The Hall–Kier alpha value is -5.02. The molecule has 4 aromatic rings. The summed E-state index contributed by atoms with van der Waals surface area (Å²) in [6.07, 6.45) is 0. The highest BCUT2D eigenvalue weighted by molar-refractivity contribution is 6.52. The number of carbonyl (C=O) groups is 4. The summed E-state index contributed by atoms with van der Waals surface area (Å²) in [5, 5.41) is 3.18. The molecule has 0 saturated heterocycles. The lowest BCUT2D eigenvalue weighted by atomic mass is 10.0. The van der Waals surface area contributed by atoms with E-state index in [1.165, 1.54) is 42.3 Å². The van der Waals surface area contributed by atoms with Gasteiger partial charge in [0.2, 0.25) is 5.91 Å². The highest BCUT2D eigenvalue weighted by Crippen LogP contribution is 2.31. The Bertz CT molecular complexity index is 1660. The smallest absolute Gasteiger partial charge is 0.299 e. The summed E-state index contributed by atoms with van der Waals surface area (Å²) in [4.78, 5) is 55.9. The van der Waals surface area contributed by atoms with Crippen molar-refractivity contribution in [1.82, 2.24) is 4.90 Å². The van der Waals surface area contributed by atoms with E-state index in [0.717, 1.165) is 4.90 Å². The molecule has 0 unspecified atom stereocenters. The van der Waals surface area contributed by atoms with Crippen LogP contribution in [0.4, 0.5) is 15.8 Å². The summed E-state index contributed by atoms with van der Waals surface area (Å²) in [6.45, 7) is -0.631. The maximum absolute atomic E-state index is 14.1. The minimum Gasteiger partial charge on any atom is -0.497 e. The third-order valence-electron chi connectivity index (χ3n) is 6.89. The molecule has 1 heterocycles. The van der Waals surface area contributed by atoms with Crippen LogP contribution in [0.5, 0.6) is 5.75 Å². The fourth-order valence-electron chi connectivity index (χ4n) is 4.77. The van der Waals surface area contributed by atoms with E-state index in [4.69, 9.17) is 16.3 Å². The normalized spacial score (nSPS) is 13.0. The van der Waals surface area contributed by atoms with Crippen LogP contribution in [-0.4, -0.2) is 42.1 Å². The number of nitrogens with one attached hydrogen (secondary N) is 1. The molecule has 3 amide bonds. The lowest BCUT2D eigenvalue weighted by molar-refractivity contribution is -0.139. The number of nitrogens with zero attached hydrogens (tertiary/aromatic N) is 2. The molecule has 5 rings (SSSR count). The Labute approximate surface area is 246 Å². The first-order valence-electron chi connectivity index (χ1n) is 13.0. The second-order valence-corrected chi connectivity index (χ2v) is 9.93. The SMILES string of the molecule is COc1ccc(NC(=O)[C@H](c2ccc(F)cc2)N(Cc2ccccc2Cl)C(=O)CN2C(=O)C(=O)c3ccccc32)cc1. The van der Waals surface area contributed by atoms with Crippen LogP contribution < -0.4 is 15.0 Å². The van der Waals surface area contributed by atoms with Crippen molar-refractivity contribution in [3.05, 3.63) is 125 Å². The number of amides is 3. The van der Waals surface area contributed by atoms with Crippen molar-refractivity contribution in [3.8, 4) is 5.75 Å². The molecule has 42 heavy (non-hydrogen) atoms. The number of rotatable bonds is 9. The summed E-state index contributed by atoms with van der Waals surface area (Å²) in [6, 6.07) is 23.8. The summed E-state index contributed by atoms with van der Waals surface area (Å²) in [5.41, 5.74) is 1.81. The predicted octanol–water partition coefficient (Wildman–Crippen LogP) is 5.43. The van der Waals surface area contributed by atoms with Crippen LogP contribution in [-0.2, 0) is 20.9 Å². The summed E-state index contributed by atoms with van der Waals surface area (Å²) >= 11 is 6.45. The van der Waals surface area contributed by atoms with Crippen molar-refractivity contribution in [2.45, 2.75) is 12.6 Å². The fraction of sp³-hybridized carbons (Fsp3) is 0.125. The van der Waals surface area contributed by atoms with Gasteiger partial charge in [-0.15, -0.1) is 0 Å². The Kier molecular flexibility index (Phi) is 8.31. The number of ether oxygens (including phenoxy) is 1. The van der Waals surface area contributed by atoms with E-state index in [-0.39, 0.29) is 12.1 Å². The Morgan fingerprint density at radius 3 is 2.29 bits per heavy atom. The predicted molar refractivity (Wildman–Crippen MR) is 156 cm³/mol. The van der Waals surface area contributed by atoms with Crippen molar-refractivity contribution in [2.24, 2.45) is 0 Å². The number of methoxy groups -OCH3 is 1. The number of hydrogen-bond acceptors (Lipinski definition) is 5. The summed E-state index contributed by atoms with van der Waals surface area (Å²) in [7, 11) is 1.52. The number of anilines is 2. The van der Waals surface area contributed by atoms with Gasteiger partial charge < -0.3 is 15.0 Å². The minimum atomic E-state index is -1.26. The molecule has 1 atom stereocenters. The molecule has 1 aliphatic rings. The average molecular weight is 586 g/mol. The van der Waals surface area contributed by atoms with Crippen LogP contribution in [0.15, 0.2) is 97.1 Å². The summed E-state index contributed by atoms with van der Waals surface area (Å²) in [5.74, 6) is -2.71. The summed E-state index contributed by atoms with van der Waals surface area (Å²) < 4.78 is 19.1. The Morgan fingerprint density at radius 1 is 0.929 bits per heavy atom. The van der Waals surface area contributed by atoms with E-state index in [1.807, 2.05) is 0 Å². The molecule has 0 fully saturated rings. The third-order valence-corrected chi connectivity index (χ3v) is 7.26. The number of halogens is 2. The van der Waals surface area contributed by atoms with Gasteiger partial charge in [-0.25, -0.2) is 4.39 Å². The van der Waals surface area contributed by atoms with E-state index >= 15 is 0 Å². The van der Waals surface area contributed by atoms with E-state index in [9.17, 15) is 23.6 Å². The van der Waals surface area contributed by atoms with E-state index in [2.05, 4.69) is 5.32 Å². The van der Waals surface area contributed by atoms with Gasteiger partial charge >= 0.3 is 0 Å². The molecular weight excluding hydrogens is 561 g/mol. The molecule has 0 saturated carbocycles. The highest BCUT2D eigenvalue weighted by atomic mass is 35.5. The van der Waals surface area contributed by atoms with Crippen LogP contribution in [0.3, 0.4) is 0 Å². The van der Waals surface area contributed by atoms with Crippen LogP contribution >= 0.6 is 11.6 Å². The lowest BCUT2D eigenvalue weighted by Gasteiger charge is -2.33. The van der Waals surface area contributed by atoms with Crippen LogP contribution in [0.1, 0.15) is 27.5 Å². The molecule has 1 aliphatic heterocycles. The number of ketones is 1. The van der Waals surface area contributed by atoms with Crippen LogP contribution in [0.25, 0.3) is 0 Å². The van der Waals surface area contributed by atoms with Gasteiger partial charge in [0.05, 0.1) is 18.4 Å². The van der Waals surface area contributed by atoms with Gasteiger partial charge in [0.1, 0.15) is 24.2 Å². The fourth-order valence-corrected chi connectivity index (χ4v) is 4.96. The number of carbonyl (C=O) groups excluding carboxylic acids is 4. The van der Waals surface area contributed by atoms with Crippen LogP contribution in [0.2, 0.25) is 5.02 Å². The first kappa shape index (κ1) is 28.5. The maximum Gasteiger partial charge on any atom is 0.299 e. The zero-order valence-corrected chi connectivity index (χ0v) is 23.2. The van der Waals surface area contributed by atoms with Gasteiger partial charge in [-0.2, -0.15) is 0 Å². The first-order chi connectivity index (χ1) is 20.3. The van der Waals surface area contributed by atoms with Gasteiger partial charge in [0, 0.05) is 17.3 Å². The Balaban J connectivity index is 1.55. The maximum atomic E-state index is 14.1. The quantitative estimate of drug-likeness (QED) is 0.264. The van der Waals surface area contributed by atoms with Gasteiger partial charge in [-0.3, -0.25) is 24.1 Å². The highest BCUT2D eigenvalue weighted by Gasteiger charge is 2.39. The number of fused-ring (bicyclic) bond motifs is 1. The first-order valence-corrected chi connectivity index (χ1v) is 13.3. The molecule has 0 aromatic heterocycles. The van der Waals surface area contributed by atoms with Crippen molar-refractivity contribution in [3.63, 3.8) is 0 Å². The van der Waals surface area contributed by atoms with Crippen molar-refractivity contribution in [2.75, 3.05) is 23.9 Å². The third kappa shape index (κ3) is 5.87. The van der Waals surface area contributed by atoms with Gasteiger partial charge in [0.15, 0.2) is 0 Å². The molecule has 0 radical (unpaired) electrons. The molecule has 0 bridgehead atoms. The van der Waals surface area contributed by atoms with Gasteiger partial charge in [0.25, 0.3) is 17.6 Å². The molecule has 8 nitrogen and oxygen atoms in total. The molecule has 0 spiro atoms. The molecule has 1 N–H and O–H groups in total. The second-order valence-electron chi connectivity index (χ2n) is 9.52. The zero-order valence-electron chi connectivity index (χ0n) is 22.4. The monoisotopic (exact) mass is 585 g/mol. The van der Waals surface area contributed by atoms with Crippen LogP contribution in [0, 0.1) is 5.82 Å². The number of benzene rings is 4. The largest absolute Gasteiger partial charge is 0.497 e. The number of para-hydroxylation sites is 1. The topological polar surface area (TPSA) is 96.0 Å². The minimum absolute atomic E-state index is 0.117. The van der Waals surface area contributed by atoms with E-state index in [1.54, 1.807) is 66.7 Å². The molecule has 10 heteroatoms. The van der Waals surface area contributed by atoms with Crippen molar-refractivity contribution >= 4 is 46.5 Å². The lowest BCUT2D eigenvalue weighted by Crippen LogP contribution is -2.46. The molecule has 212 valence electrons. The van der Waals surface area contributed by atoms with E-state index in [0.29, 0.717) is 33.3 Å². The number of Topliss-reactive ketones (excluding diaryl/α,β-unsaturated/α-hetero) is 1. The molecule has 4 aromatic carbocycles. The standard InChI is InChI=1S/C32H25ClFN3O5/c1-42-24-16-14-23(15-17-24)35-31(40)29(20-10-12-22(34)13-11-20)37(18-21-6-2-4-8-26(21)33)28(38)19-36-27-9-5-3-7-25(27)30(39)32(36)41/h2-17,29H,18-19H2,1H3,(H,35,40)/t29-/m0/s1. The average Bonchev–Trinajstić information content (AvgIpc) is 3.24. The zero-order chi connectivity index (χ0) is 29.8. The van der Waals surface area contributed by atoms with Crippen molar-refractivity contribution in [1.29, 1.82) is 0 Å². The van der Waals surface area contributed by atoms with Crippen molar-refractivity contribution < 1.29 is 28.3 Å². The van der Waals surface area contributed by atoms with Gasteiger partial charge in [-0.05, 0) is 65.7 Å². The van der Waals surface area contributed by atoms with Gasteiger partial charge in [-0.1, -0.05) is 54.1 Å².